The average molecular weight is 402 g/mol. The van der Waals surface area contributed by atoms with Crippen molar-refractivity contribution >= 4 is 21.6 Å². The highest BCUT2D eigenvalue weighted by Crippen LogP contribution is 2.12. The molecule has 0 saturated carbocycles. The van der Waals surface area contributed by atoms with Crippen molar-refractivity contribution in [3.05, 3.63) is 75.2 Å². The van der Waals surface area contributed by atoms with Gasteiger partial charge < -0.3 is 10.1 Å². The van der Waals surface area contributed by atoms with Gasteiger partial charge in [0.2, 0.25) is 5.75 Å². The maximum atomic E-state index is 12.3. The molecule has 3 heterocycles. The quantitative estimate of drug-likeness (QED) is 0.730. The molecule has 1 N–H and O–H groups in total. The summed E-state index contributed by atoms with van der Waals surface area (Å²) in [5.74, 6) is 0.240. The third-order valence-electron chi connectivity index (χ3n) is 3.83. The van der Waals surface area contributed by atoms with E-state index in [1.54, 1.807) is 12.3 Å². The molecule has 6 heteroatoms. The van der Waals surface area contributed by atoms with Crippen molar-refractivity contribution < 1.29 is 4.74 Å². The van der Waals surface area contributed by atoms with Gasteiger partial charge in [0.25, 0.3) is 5.56 Å². The fraction of sp³-hybridized carbons (Fsp3) is 0.263. The molecule has 0 atom stereocenters. The topological polar surface area (TPSA) is 55.6 Å². The summed E-state index contributed by atoms with van der Waals surface area (Å²) < 4.78 is 7.84. The number of hydrogen-bond acceptors (Lipinski definition) is 4. The van der Waals surface area contributed by atoms with Crippen molar-refractivity contribution in [1.29, 1.82) is 0 Å². The molecular formula is C19H20BrN3O2. The van der Waals surface area contributed by atoms with Crippen molar-refractivity contribution in [2.75, 3.05) is 13.1 Å². The molecule has 5 nitrogen and oxygen atoms in total. The van der Waals surface area contributed by atoms with Crippen LogP contribution in [0.3, 0.4) is 0 Å². The number of rotatable bonds is 3. The lowest BCUT2D eigenvalue weighted by Crippen LogP contribution is -2.17. The molecule has 0 amide bonds. The zero-order valence-corrected chi connectivity index (χ0v) is 15.4. The van der Waals surface area contributed by atoms with Crippen LogP contribution in [0.5, 0.6) is 5.75 Å². The largest absolute Gasteiger partial charge is 0.482 e. The van der Waals surface area contributed by atoms with Crippen molar-refractivity contribution in [2.24, 2.45) is 0 Å². The maximum absolute atomic E-state index is 12.3. The Morgan fingerprint density at radius 3 is 2.56 bits per heavy atom. The molecule has 0 bridgehead atoms. The minimum atomic E-state index is -0.216. The standard InChI is InChI=1S/C15H11BrN2O2.C4H9N/c16-12-6-7-14-17-8-13(15(19)18(14)9-12)20-10-11-4-2-1-3-5-11;1-2-4-5-3-1/h1-9H,10H2;5H,1-4H2. The molecule has 1 aromatic carbocycles. The lowest BCUT2D eigenvalue weighted by Gasteiger charge is -2.07. The Balaban J connectivity index is 0.000000314. The highest BCUT2D eigenvalue weighted by Gasteiger charge is 2.06. The first-order chi connectivity index (χ1) is 12.2. The van der Waals surface area contributed by atoms with Gasteiger partial charge in [-0.3, -0.25) is 9.20 Å². The summed E-state index contributed by atoms with van der Waals surface area (Å²) in [5.41, 5.74) is 1.38. The third-order valence-corrected chi connectivity index (χ3v) is 4.30. The van der Waals surface area contributed by atoms with Gasteiger partial charge in [-0.2, -0.15) is 0 Å². The Labute approximate surface area is 154 Å². The molecule has 0 unspecified atom stereocenters. The second kappa shape index (κ2) is 8.78. The molecule has 130 valence electrons. The monoisotopic (exact) mass is 401 g/mol. The molecule has 1 aliphatic rings. The van der Waals surface area contributed by atoms with Crippen LogP contribution in [0.25, 0.3) is 5.65 Å². The number of halogens is 1. The van der Waals surface area contributed by atoms with E-state index >= 15 is 0 Å². The summed E-state index contributed by atoms with van der Waals surface area (Å²) in [5, 5.41) is 3.22. The second-order valence-electron chi connectivity index (χ2n) is 5.73. The Morgan fingerprint density at radius 2 is 1.88 bits per heavy atom. The fourth-order valence-corrected chi connectivity index (χ4v) is 2.83. The summed E-state index contributed by atoms with van der Waals surface area (Å²) in [6.07, 6.45) is 5.93. The van der Waals surface area contributed by atoms with Crippen molar-refractivity contribution in [3.63, 3.8) is 0 Å². The zero-order chi connectivity index (χ0) is 17.5. The van der Waals surface area contributed by atoms with Gasteiger partial charge in [-0.1, -0.05) is 30.3 Å². The number of fused-ring (bicyclic) bond motifs is 1. The van der Waals surface area contributed by atoms with Gasteiger partial charge in [-0.05, 0) is 59.6 Å². The van der Waals surface area contributed by atoms with E-state index < -0.39 is 0 Å². The van der Waals surface area contributed by atoms with Gasteiger partial charge in [0.05, 0.1) is 6.20 Å². The summed E-state index contributed by atoms with van der Waals surface area (Å²) >= 11 is 3.34. The Kier molecular flexibility index (Phi) is 6.19. The summed E-state index contributed by atoms with van der Waals surface area (Å²) in [6.45, 7) is 2.85. The first-order valence-electron chi connectivity index (χ1n) is 8.28. The van der Waals surface area contributed by atoms with Gasteiger partial charge in [-0.15, -0.1) is 0 Å². The molecule has 1 saturated heterocycles. The van der Waals surface area contributed by atoms with Crippen LogP contribution in [0.1, 0.15) is 18.4 Å². The molecule has 2 aromatic heterocycles. The number of hydrogen-bond donors (Lipinski definition) is 1. The van der Waals surface area contributed by atoms with E-state index in [1.165, 1.54) is 36.5 Å². The second-order valence-corrected chi connectivity index (χ2v) is 6.65. The predicted octanol–water partition coefficient (Wildman–Crippen LogP) is 3.41. The first kappa shape index (κ1) is 17.6. The predicted molar refractivity (Wildman–Crippen MR) is 102 cm³/mol. The van der Waals surface area contributed by atoms with Crippen LogP contribution in [0, 0.1) is 0 Å². The van der Waals surface area contributed by atoms with E-state index in [-0.39, 0.29) is 11.3 Å². The number of nitrogens with zero attached hydrogens (tertiary/aromatic N) is 2. The Bertz CT molecular complexity index is 869. The van der Waals surface area contributed by atoms with Crippen LogP contribution < -0.4 is 15.6 Å². The van der Waals surface area contributed by atoms with Crippen molar-refractivity contribution in [3.8, 4) is 5.75 Å². The number of ether oxygens (including phenoxy) is 1. The first-order valence-corrected chi connectivity index (χ1v) is 9.08. The van der Waals surface area contributed by atoms with Gasteiger partial charge >= 0.3 is 0 Å². The van der Waals surface area contributed by atoms with Crippen LogP contribution in [0.15, 0.2) is 64.1 Å². The maximum Gasteiger partial charge on any atom is 0.300 e. The number of benzene rings is 1. The van der Waals surface area contributed by atoms with E-state index in [0.29, 0.717) is 12.3 Å². The smallest absolute Gasteiger partial charge is 0.300 e. The van der Waals surface area contributed by atoms with Crippen molar-refractivity contribution in [1.82, 2.24) is 14.7 Å². The van der Waals surface area contributed by atoms with Crippen LogP contribution in [-0.4, -0.2) is 22.5 Å². The molecule has 1 fully saturated rings. The molecular weight excluding hydrogens is 382 g/mol. The van der Waals surface area contributed by atoms with Crippen molar-refractivity contribution in [2.45, 2.75) is 19.4 Å². The highest BCUT2D eigenvalue weighted by molar-refractivity contribution is 9.10. The third kappa shape index (κ3) is 4.90. The van der Waals surface area contributed by atoms with E-state index in [0.717, 1.165) is 10.0 Å². The zero-order valence-electron chi connectivity index (χ0n) is 13.8. The van der Waals surface area contributed by atoms with Gasteiger partial charge in [0.15, 0.2) is 0 Å². The number of aromatic nitrogens is 2. The minimum Gasteiger partial charge on any atom is -0.482 e. The molecule has 3 aromatic rings. The van der Waals surface area contributed by atoms with Crippen LogP contribution in [0.2, 0.25) is 0 Å². The normalized spacial score (nSPS) is 13.3. The minimum absolute atomic E-state index is 0.216. The molecule has 4 rings (SSSR count). The molecule has 0 radical (unpaired) electrons. The van der Waals surface area contributed by atoms with Gasteiger partial charge in [0.1, 0.15) is 12.3 Å². The number of pyridine rings is 1. The average Bonchev–Trinajstić information content (AvgIpc) is 3.23. The molecule has 0 aliphatic carbocycles. The van der Waals surface area contributed by atoms with Gasteiger partial charge in [-0.25, -0.2) is 4.98 Å². The fourth-order valence-electron chi connectivity index (χ4n) is 2.49. The number of nitrogens with one attached hydrogen (secondary N) is 1. The van der Waals surface area contributed by atoms with E-state index in [9.17, 15) is 4.79 Å². The molecule has 25 heavy (non-hydrogen) atoms. The summed E-state index contributed by atoms with van der Waals surface area (Å²) in [7, 11) is 0. The van der Waals surface area contributed by atoms with E-state index in [4.69, 9.17) is 4.74 Å². The lowest BCUT2D eigenvalue weighted by molar-refractivity contribution is 0.300. The SMILES string of the molecule is C1CCNC1.O=c1c(OCc2ccccc2)cnc2ccc(Br)cn12. The summed E-state index contributed by atoms with van der Waals surface area (Å²) in [4.78, 5) is 16.5. The Hall–Kier alpha value is -2.18. The van der Waals surface area contributed by atoms with Crippen LogP contribution in [-0.2, 0) is 6.61 Å². The Morgan fingerprint density at radius 1 is 1.12 bits per heavy atom. The van der Waals surface area contributed by atoms with E-state index in [1.807, 2.05) is 36.4 Å². The summed E-state index contributed by atoms with van der Waals surface area (Å²) in [6, 6.07) is 13.3. The highest BCUT2D eigenvalue weighted by atomic mass is 79.9. The van der Waals surface area contributed by atoms with Crippen LogP contribution >= 0.6 is 15.9 Å². The molecule has 0 spiro atoms. The van der Waals surface area contributed by atoms with E-state index in [2.05, 4.69) is 26.2 Å². The molecule has 1 aliphatic heterocycles. The van der Waals surface area contributed by atoms with Crippen LogP contribution in [0.4, 0.5) is 0 Å². The van der Waals surface area contributed by atoms with Gasteiger partial charge in [0, 0.05) is 10.7 Å². The lowest BCUT2D eigenvalue weighted by atomic mass is 10.2.